The number of nitrogens with zero attached hydrogens (tertiary/aromatic N) is 3. The minimum atomic E-state index is -0.736. The molecule has 2 atom stereocenters. The van der Waals surface area contributed by atoms with Crippen molar-refractivity contribution in [1.82, 2.24) is 20.0 Å². The third kappa shape index (κ3) is 4.28. The van der Waals surface area contributed by atoms with E-state index in [-0.39, 0.29) is 11.7 Å². The third-order valence-corrected chi connectivity index (χ3v) is 5.12. The van der Waals surface area contributed by atoms with Gasteiger partial charge in [-0.05, 0) is 51.2 Å². The van der Waals surface area contributed by atoms with Crippen LogP contribution in [0, 0.1) is 11.7 Å². The Bertz CT molecular complexity index is 744. The van der Waals surface area contributed by atoms with Crippen LogP contribution in [0.2, 0.25) is 0 Å². The lowest BCUT2D eigenvalue weighted by atomic mass is 10.0. The number of aliphatic carboxylic acids is 1. The first kappa shape index (κ1) is 18.5. The summed E-state index contributed by atoms with van der Waals surface area (Å²) in [6, 6.07) is 6.61. The van der Waals surface area contributed by atoms with Gasteiger partial charge in [-0.1, -0.05) is 0 Å². The highest BCUT2D eigenvalue weighted by Crippen LogP contribution is 2.25. The molecular formula is C19H25FN4O2. The summed E-state index contributed by atoms with van der Waals surface area (Å²) in [5.41, 5.74) is 2.70. The van der Waals surface area contributed by atoms with Crippen LogP contribution in [-0.2, 0) is 11.3 Å². The van der Waals surface area contributed by atoms with Gasteiger partial charge < -0.3 is 10.0 Å². The van der Waals surface area contributed by atoms with Gasteiger partial charge >= 0.3 is 5.97 Å². The zero-order chi connectivity index (χ0) is 18.7. The number of hydrogen-bond donors (Lipinski definition) is 2. The van der Waals surface area contributed by atoms with Crippen LogP contribution >= 0.6 is 0 Å². The van der Waals surface area contributed by atoms with Crippen molar-refractivity contribution >= 4 is 5.97 Å². The van der Waals surface area contributed by atoms with Crippen molar-refractivity contribution in [1.29, 1.82) is 0 Å². The standard InChI is InChI=1S/C19H25FN4O2/c1-23(2)17-8-5-14(19(25)26)10-24(12-17)11-15-9-21-22-18(15)13-3-6-16(20)7-4-13/h3-4,6-7,9,14,17H,5,8,10-12H2,1-2H3,(H,21,22)(H,25,26)/t14-,17+/m0/s1. The number of nitrogens with one attached hydrogen (secondary N) is 1. The van der Waals surface area contributed by atoms with Crippen LogP contribution in [-0.4, -0.2) is 64.3 Å². The van der Waals surface area contributed by atoms with Crippen molar-refractivity contribution in [3.05, 3.63) is 41.8 Å². The minimum absolute atomic E-state index is 0.277. The smallest absolute Gasteiger partial charge is 0.307 e. The number of hydrogen-bond acceptors (Lipinski definition) is 4. The van der Waals surface area contributed by atoms with Gasteiger partial charge in [-0.15, -0.1) is 0 Å². The topological polar surface area (TPSA) is 72.5 Å². The summed E-state index contributed by atoms with van der Waals surface area (Å²) in [6.07, 6.45) is 3.32. The Hall–Kier alpha value is -2.25. The van der Waals surface area contributed by atoms with E-state index in [1.807, 2.05) is 14.1 Å². The maximum Gasteiger partial charge on any atom is 0.307 e. The van der Waals surface area contributed by atoms with Crippen molar-refractivity contribution < 1.29 is 14.3 Å². The van der Waals surface area contributed by atoms with Gasteiger partial charge in [0, 0.05) is 36.8 Å². The number of halogens is 1. The second-order valence-electron chi connectivity index (χ2n) is 7.20. The normalized spacial score (nSPS) is 21.7. The number of likely N-dealkylation sites (tertiary alicyclic amines) is 1. The molecule has 2 aromatic rings. The molecule has 0 unspecified atom stereocenters. The highest BCUT2D eigenvalue weighted by Gasteiger charge is 2.29. The first-order chi connectivity index (χ1) is 12.4. The first-order valence-electron chi connectivity index (χ1n) is 8.84. The molecule has 0 amide bonds. The third-order valence-electron chi connectivity index (χ3n) is 5.12. The summed E-state index contributed by atoms with van der Waals surface area (Å²) in [6.45, 7) is 1.94. The lowest BCUT2D eigenvalue weighted by molar-refractivity contribution is -0.142. The predicted molar refractivity (Wildman–Crippen MR) is 97.1 cm³/mol. The van der Waals surface area contributed by atoms with Gasteiger partial charge in [0.05, 0.1) is 17.8 Å². The molecule has 0 radical (unpaired) electrons. The Kier molecular flexibility index (Phi) is 5.68. The molecule has 0 aliphatic carbocycles. The molecule has 1 aromatic heterocycles. The number of rotatable bonds is 5. The van der Waals surface area contributed by atoms with E-state index >= 15 is 0 Å². The van der Waals surface area contributed by atoms with E-state index in [1.54, 1.807) is 18.3 Å². The Morgan fingerprint density at radius 3 is 2.69 bits per heavy atom. The minimum Gasteiger partial charge on any atom is -0.481 e. The lowest BCUT2D eigenvalue weighted by Gasteiger charge is -2.28. The van der Waals surface area contributed by atoms with E-state index in [9.17, 15) is 14.3 Å². The molecule has 1 aliphatic heterocycles. The van der Waals surface area contributed by atoms with E-state index in [4.69, 9.17) is 0 Å². The molecule has 1 aliphatic rings. The molecule has 1 fully saturated rings. The Morgan fingerprint density at radius 1 is 1.31 bits per heavy atom. The molecule has 2 N–H and O–H groups in total. The number of aromatic amines is 1. The molecule has 0 spiro atoms. The van der Waals surface area contributed by atoms with Gasteiger partial charge in [0.1, 0.15) is 5.82 Å². The fourth-order valence-corrected chi connectivity index (χ4v) is 3.55. The zero-order valence-corrected chi connectivity index (χ0v) is 15.2. The van der Waals surface area contributed by atoms with Crippen molar-refractivity contribution in [2.75, 3.05) is 27.2 Å². The molecule has 2 heterocycles. The highest BCUT2D eigenvalue weighted by atomic mass is 19.1. The van der Waals surface area contributed by atoms with Crippen molar-refractivity contribution in [2.24, 2.45) is 5.92 Å². The molecule has 1 saturated heterocycles. The first-order valence-corrected chi connectivity index (χ1v) is 8.84. The van der Waals surface area contributed by atoms with E-state index < -0.39 is 5.97 Å². The molecule has 6 nitrogen and oxygen atoms in total. The number of H-pyrrole nitrogens is 1. The molecule has 0 bridgehead atoms. The van der Waals surface area contributed by atoms with Gasteiger partial charge in [-0.25, -0.2) is 4.39 Å². The second kappa shape index (κ2) is 7.97. The molecule has 1 aromatic carbocycles. The van der Waals surface area contributed by atoms with Crippen LogP contribution in [0.15, 0.2) is 30.5 Å². The SMILES string of the molecule is CN(C)[C@@H]1CC[C@H](C(=O)O)CN(Cc2cn[nH]c2-c2ccc(F)cc2)C1. The quantitative estimate of drug-likeness (QED) is 0.857. The average Bonchev–Trinajstić information content (AvgIpc) is 2.93. The highest BCUT2D eigenvalue weighted by molar-refractivity contribution is 5.70. The van der Waals surface area contributed by atoms with Crippen LogP contribution < -0.4 is 0 Å². The fraction of sp³-hybridized carbons (Fsp3) is 0.474. The van der Waals surface area contributed by atoms with Gasteiger partial charge in [0.2, 0.25) is 0 Å². The lowest BCUT2D eigenvalue weighted by Crippen LogP contribution is -2.39. The maximum atomic E-state index is 13.2. The summed E-state index contributed by atoms with van der Waals surface area (Å²) in [5, 5.41) is 16.6. The second-order valence-corrected chi connectivity index (χ2v) is 7.20. The van der Waals surface area contributed by atoms with Gasteiger partial charge in [-0.2, -0.15) is 5.10 Å². The van der Waals surface area contributed by atoms with E-state index in [1.165, 1.54) is 12.1 Å². The number of benzene rings is 1. The van der Waals surface area contributed by atoms with Crippen LogP contribution in [0.4, 0.5) is 4.39 Å². The van der Waals surface area contributed by atoms with Gasteiger partial charge in [0.15, 0.2) is 0 Å². The number of aromatic nitrogens is 2. The van der Waals surface area contributed by atoms with E-state index in [0.717, 1.165) is 29.8 Å². The Balaban J connectivity index is 1.81. The number of likely N-dealkylation sites (N-methyl/N-ethyl adjacent to an activating group) is 1. The molecular weight excluding hydrogens is 335 g/mol. The fourth-order valence-electron chi connectivity index (χ4n) is 3.55. The maximum absolute atomic E-state index is 13.2. The van der Waals surface area contributed by atoms with E-state index in [0.29, 0.717) is 25.6 Å². The van der Waals surface area contributed by atoms with E-state index in [2.05, 4.69) is 20.0 Å². The predicted octanol–water partition coefficient (Wildman–Crippen LogP) is 2.44. The summed E-state index contributed by atoms with van der Waals surface area (Å²) in [7, 11) is 4.07. The molecule has 0 saturated carbocycles. The average molecular weight is 360 g/mol. The molecule has 7 heteroatoms. The van der Waals surface area contributed by atoms with Crippen LogP contribution in [0.1, 0.15) is 18.4 Å². The number of carboxylic acid groups (broad SMARTS) is 1. The van der Waals surface area contributed by atoms with Gasteiger partial charge in [-0.3, -0.25) is 14.8 Å². The zero-order valence-electron chi connectivity index (χ0n) is 15.2. The van der Waals surface area contributed by atoms with Crippen molar-refractivity contribution in [2.45, 2.75) is 25.4 Å². The molecule has 26 heavy (non-hydrogen) atoms. The molecule has 3 rings (SSSR count). The summed E-state index contributed by atoms with van der Waals surface area (Å²) < 4.78 is 13.2. The summed E-state index contributed by atoms with van der Waals surface area (Å²) in [5.74, 6) is -1.37. The largest absolute Gasteiger partial charge is 0.481 e. The van der Waals surface area contributed by atoms with Gasteiger partial charge in [0.25, 0.3) is 0 Å². The number of carbonyl (C=O) groups is 1. The number of carboxylic acids is 1. The summed E-state index contributed by atoms with van der Waals surface area (Å²) >= 11 is 0. The van der Waals surface area contributed by atoms with Crippen molar-refractivity contribution in [3.8, 4) is 11.3 Å². The Labute approximate surface area is 152 Å². The summed E-state index contributed by atoms with van der Waals surface area (Å²) in [4.78, 5) is 15.9. The molecule has 140 valence electrons. The Morgan fingerprint density at radius 2 is 2.04 bits per heavy atom. The van der Waals surface area contributed by atoms with Crippen molar-refractivity contribution in [3.63, 3.8) is 0 Å². The van der Waals surface area contributed by atoms with Crippen LogP contribution in [0.25, 0.3) is 11.3 Å². The monoisotopic (exact) mass is 360 g/mol. The van der Waals surface area contributed by atoms with Crippen LogP contribution in [0.5, 0.6) is 0 Å². The van der Waals surface area contributed by atoms with Crippen LogP contribution in [0.3, 0.4) is 0 Å².